The van der Waals surface area contributed by atoms with Crippen LogP contribution in [0.5, 0.6) is 0 Å². The van der Waals surface area contributed by atoms with Crippen molar-refractivity contribution in [3.63, 3.8) is 0 Å². The van der Waals surface area contributed by atoms with Gasteiger partial charge in [-0.3, -0.25) is 9.69 Å². The third-order valence-corrected chi connectivity index (χ3v) is 3.42. The SMILES string of the molecule is Cc1ccccc1C(=O)NC(C)N1CCCC1. The predicted octanol–water partition coefficient (Wildman–Crippen LogP) is 2.17. The van der Waals surface area contributed by atoms with Gasteiger partial charge in [-0.1, -0.05) is 18.2 Å². The zero-order chi connectivity index (χ0) is 12.3. The van der Waals surface area contributed by atoms with Crippen LogP contribution in [-0.2, 0) is 0 Å². The zero-order valence-corrected chi connectivity index (χ0v) is 10.6. The van der Waals surface area contributed by atoms with Gasteiger partial charge in [0.2, 0.25) is 0 Å². The first kappa shape index (κ1) is 12.1. The van der Waals surface area contributed by atoms with E-state index in [9.17, 15) is 4.79 Å². The van der Waals surface area contributed by atoms with E-state index in [0.29, 0.717) is 0 Å². The summed E-state index contributed by atoms with van der Waals surface area (Å²) in [4.78, 5) is 14.4. The van der Waals surface area contributed by atoms with E-state index >= 15 is 0 Å². The van der Waals surface area contributed by atoms with E-state index in [0.717, 1.165) is 24.2 Å². The maximum Gasteiger partial charge on any atom is 0.252 e. The van der Waals surface area contributed by atoms with Gasteiger partial charge < -0.3 is 5.32 Å². The highest BCUT2D eigenvalue weighted by atomic mass is 16.1. The molecule has 1 aromatic rings. The Morgan fingerprint density at radius 2 is 1.94 bits per heavy atom. The summed E-state index contributed by atoms with van der Waals surface area (Å²) in [6.07, 6.45) is 2.61. The molecule has 0 saturated carbocycles. The molecule has 1 amide bonds. The maximum atomic E-state index is 12.1. The van der Waals surface area contributed by atoms with Crippen LogP contribution in [0.1, 0.15) is 35.7 Å². The molecule has 2 rings (SSSR count). The van der Waals surface area contributed by atoms with Crippen molar-refractivity contribution < 1.29 is 4.79 Å². The van der Waals surface area contributed by atoms with Gasteiger partial charge in [-0.25, -0.2) is 0 Å². The predicted molar refractivity (Wildman–Crippen MR) is 68.9 cm³/mol. The molecule has 3 heteroatoms. The Hall–Kier alpha value is -1.35. The number of nitrogens with one attached hydrogen (secondary N) is 1. The lowest BCUT2D eigenvalue weighted by atomic mass is 10.1. The van der Waals surface area contributed by atoms with Gasteiger partial charge in [0, 0.05) is 18.7 Å². The number of nitrogens with zero attached hydrogens (tertiary/aromatic N) is 1. The number of benzene rings is 1. The van der Waals surface area contributed by atoms with E-state index in [2.05, 4.69) is 17.1 Å². The quantitative estimate of drug-likeness (QED) is 0.866. The molecule has 1 atom stereocenters. The standard InChI is InChI=1S/C14H20N2O/c1-11-7-3-4-8-13(11)14(17)15-12(2)16-9-5-6-10-16/h3-4,7-8,12H,5-6,9-10H2,1-2H3,(H,15,17). The number of hydrogen-bond donors (Lipinski definition) is 1. The lowest BCUT2D eigenvalue weighted by Gasteiger charge is -2.24. The van der Waals surface area contributed by atoms with Gasteiger partial charge >= 0.3 is 0 Å². The van der Waals surface area contributed by atoms with E-state index in [1.165, 1.54) is 12.8 Å². The Kier molecular flexibility index (Phi) is 3.79. The molecule has 0 bridgehead atoms. The third kappa shape index (κ3) is 2.86. The summed E-state index contributed by atoms with van der Waals surface area (Å²) in [5.41, 5.74) is 1.80. The molecule has 0 radical (unpaired) electrons. The molecule has 0 aliphatic carbocycles. The number of hydrogen-bond acceptors (Lipinski definition) is 2. The van der Waals surface area contributed by atoms with Crippen LogP contribution in [0.15, 0.2) is 24.3 Å². The number of amides is 1. The molecule has 17 heavy (non-hydrogen) atoms. The van der Waals surface area contributed by atoms with Gasteiger partial charge in [-0.15, -0.1) is 0 Å². The Morgan fingerprint density at radius 3 is 2.59 bits per heavy atom. The van der Waals surface area contributed by atoms with Crippen LogP contribution in [0.3, 0.4) is 0 Å². The molecule has 1 heterocycles. The van der Waals surface area contributed by atoms with E-state index in [1.54, 1.807) is 0 Å². The van der Waals surface area contributed by atoms with E-state index in [4.69, 9.17) is 0 Å². The van der Waals surface area contributed by atoms with Crippen LogP contribution in [-0.4, -0.2) is 30.1 Å². The van der Waals surface area contributed by atoms with Crippen molar-refractivity contribution in [3.05, 3.63) is 35.4 Å². The van der Waals surface area contributed by atoms with Gasteiger partial charge in [-0.2, -0.15) is 0 Å². The number of carbonyl (C=O) groups excluding carboxylic acids is 1. The molecule has 1 fully saturated rings. The van der Waals surface area contributed by atoms with Crippen molar-refractivity contribution in [3.8, 4) is 0 Å². The number of carbonyl (C=O) groups is 1. The van der Waals surface area contributed by atoms with Crippen LogP contribution in [0.4, 0.5) is 0 Å². The summed E-state index contributed by atoms with van der Waals surface area (Å²) < 4.78 is 0. The molecule has 0 spiro atoms. The molecule has 1 saturated heterocycles. The second kappa shape index (κ2) is 5.32. The Bertz CT molecular complexity index is 397. The molecule has 1 aromatic carbocycles. The normalized spacial score (nSPS) is 18.0. The summed E-state index contributed by atoms with van der Waals surface area (Å²) in [6.45, 7) is 6.21. The first-order valence-corrected chi connectivity index (χ1v) is 6.29. The van der Waals surface area contributed by atoms with Crippen molar-refractivity contribution in [1.82, 2.24) is 10.2 Å². The summed E-state index contributed by atoms with van der Waals surface area (Å²) >= 11 is 0. The fourth-order valence-electron chi connectivity index (χ4n) is 2.32. The molecule has 1 aliphatic rings. The molecular weight excluding hydrogens is 212 g/mol. The Balaban J connectivity index is 1.99. The Labute approximate surface area is 103 Å². The van der Waals surface area contributed by atoms with Crippen molar-refractivity contribution in [1.29, 1.82) is 0 Å². The molecule has 1 aliphatic heterocycles. The van der Waals surface area contributed by atoms with Gasteiger partial charge in [0.15, 0.2) is 0 Å². The van der Waals surface area contributed by atoms with Gasteiger partial charge in [-0.05, 0) is 38.3 Å². The second-order valence-electron chi connectivity index (χ2n) is 4.71. The lowest BCUT2D eigenvalue weighted by molar-refractivity contribution is 0.0885. The first-order chi connectivity index (χ1) is 8.18. The molecular formula is C14H20N2O. The van der Waals surface area contributed by atoms with E-state index < -0.39 is 0 Å². The summed E-state index contributed by atoms with van der Waals surface area (Å²) in [6, 6.07) is 7.70. The molecule has 1 N–H and O–H groups in total. The smallest absolute Gasteiger partial charge is 0.252 e. The van der Waals surface area contributed by atoms with Gasteiger partial charge in [0.05, 0.1) is 6.17 Å². The largest absolute Gasteiger partial charge is 0.337 e. The number of likely N-dealkylation sites (tertiary alicyclic amines) is 1. The Morgan fingerprint density at radius 1 is 1.29 bits per heavy atom. The fourth-order valence-corrected chi connectivity index (χ4v) is 2.32. The minimum atomic E-state index is 0.0301. The van der Waals surface area contributed by atoms with E-state index in [-0.39, 0.29) is 12.1 Å². The van der Waals surface area contributed by atoms with Crippen molar-refractivity contribution in [2.24, 2.45) is 0 Å². The van der Waals surface area contributed by atoms with E-state index in [1.807, 2.05) is 31.2 Å². The van der Waals surface area contributed by atoms with Gasteiger partial charge in [0.1, 0.15) is 0 Å². The third-order valence-electron chi connectivity index (χ3n) is 3.42. The lowest BCUT2D eigenvalue weighted by Crippen LogP contribution is -2.44. The minimum Gasteiger partial charge on any atom is -0.337 e. The van der Waals surface area contributed by atoms with Crippen LogP contribution in [0.2, 0.25) is 0 Å². The highest BCUT2D eigenvalue weighted by Crippen LogP contribution is 2.11. The summed E-state index contributed by atoms with van der Waals surface area (Å²) in [7, 11) is 0. The second-order valence-corrected chi connectivity index (χ2v) is 4.71. The molecule has 92 valence electrons. The monoisotopic (exact) mass is 232 g/mol. The van der Waals surface area contributed by atoms with Crippen LogP contribution in [0, 0.1) is 6.92 Å². The summed E-state index contributed by atoms with van der Waals surface area (Å²) in [5.74, 6) is 0.0301. The fraction of sp³-hybridized carbons (Fsp3) is 0.500. The zero-order valence-electron chi connectivity index (χ0n) is 10.6. The number of aryl methyl sites for hydroxylation is 1. The average molecular weight is 232 g/mol. The van der Waals surface area contributed by atoms with Crippen LogP contribution >= 0.6 is 0 Å². The maximum absolute atomic E-state index is 12.1. The summed E-state index contributed by atoms with van der Waals surface area (Å²) in [5, 5.41) is 3.07. The van der Waals surface area contributed by atoms with Crippen molar-refractivity contribution in [2.45, 2.75) is 32.9 Å². The molecule has 3 nitrogen and oxygen atoms in total. The van der Waals surface area contributed by atoms with Crippen LogP contribution in [0.25, 0.3) is 0 Å². The first-order valence-electron chi connectivity index (χ1n) is 6.29. The topological polar surface area (TPSA) is 32.3 Å². The van der Waals surface area contributed by atoms with Crippen molar-refractivity contribution >= 4 is 5.91 Å². The molecule has 0 aromatic heterocycles. The number of rotatable bonds is 3. The minimum absolute atomic E-state index is 0.0301. The van der Waals surface area contributed by atoms with Gasteiger partial charge in [0.25, 0.3) is 5.91 Å². The highest BCUT2D eigenvalue weighted by Gasteiger charge is 2.20. The van der Waals surface area contributed by atoms with Crippen LogP contribution < -0.4 is 5.32 Å². The average Bonchev–Trinajstić information content (AvgIpc) is 2.82. The van der Waals surface area contributed by atoms with Crippen molar-refractivity contribution in [2.75, 3.05) is 13.1 Å². The highest BCUT2D eigenvalue weighted by molar-refractivity contribution is 5.95. The molecule has 1 unspecified atom stereocenters.